The molecule has 4 heterocycles. The van der Waals surface area contributed by atoms with E-state index in [1.165, 1.54) is 55.1 Å². The molecule has 26 nitrogen and oxygen atoms in total. The summed E-state index contributed by atoms with van der Waals surface area (Å²) in [4.78, 5) is 99.5. The zero-order chi connectivity index (χ0) is 61.5. The van der Waals surface area contributed by atoms with Gasteiger partial charge in [0.25, 0.3) is 0 Å². The van der Waals surface area contributed by atoms with Crippen LogP contribution in [0.25, 0.3) is 11.1 Å². The number of aryl methyl sites for hydroxylation is 2. The summed E-state index contributed by atoms with van der Waals surface area (Å²) in [6.07, 6.45) is -2.71. The Labute approximate surface area is 492 Å². The first-order valence-electron chi connectivity index (χ1n) is 28.3. The fourth-order valence-corrected chi connectivity index (χ4v) is 11.4. The van der Waals surface area contributed by atoms with Gasteiger partial charge in [-0.2, -0.15) is 0 Å². The van der Waals surface area contributed by atoms with E-state index >= 15 is 0 Å². The maximum Gasteiger partial charge on any atom is 0.339 e. The minimum atomic E-state index is -1.60. The van der Waals surface area contributed by atoms with Gasteiger partial charge in [-0.25, -0.2) is 19.0 Å². The van der Waals surface area contributed by atoms with Gasteiger partial charge in [-0.3, -0.25) is 28.8 Å². The van der Waals surface area contributed by atoms with E-state index < -0.39 is 109 Å². The van der Waals surface area contributed by atoms with Crippen LogP contribution in [-0.2, 0) is 114 Å². The van der Waals surface area contributed by atoms with Crippen LogP contribution in [0.15, 0.2) is 48.8 Å². The van der Waals surface area contributed by atoms with Crippen LogP contribution >= 0.6 is 0 Å². The molecule has 2 aliphatic heterocycles. The molecule has 10 atom stereocenters. The fraction of sp³-hybridized carbons (Fsp3) is 0.593. The van der Waals surface area contributed by atoms with Gasteiger partial charge < -0.3 is 56.8 Å². The molecule has 3 aliphatic rings. The van der Waals surface area contributed by atoms with Crippen molar-refractivity contribution < 1.29 is 95.2 Å². The van der Waals surface area contributed by atoms with E-state index in [-0.39, 0.29) is 18.6 Å². The van der Waals surface area contributed by atoms with E-state index in [4.69, 9.17) is 56.8 Å². The second kappa shape index (κ2) is 29.9. The van der Waals surface area contributed by atoms with Crippen LogP contribution in [-0.4, -0.2) is 154 Å². The number of carbonyl (C=O) groups is 8. The fourth-order valence-electron chi connectivity index (χ4n) is 11.4. The third kappa shape index (κ3) is 16.2. The summed E-state index contributed by atoms with van der Waals surface area (Å²) in [6.45, 7) is 11.9. The molecule has 1 aliphatic carbocycles. The molecule has 0 N–H and O–H groups in total. The Hall–Kier alpha value is -7.68. The lowest BCUT2D eigenvalue weighted by Gasteiger charge is -2.43. The smallest absolute Gasteiger partial charge is 0.339 e. The summed E-state index contributed by atoms with van der Waals surface area (Å²) in [5, 5.41) is 16.5. The third-order valence-electron chi connectivity index (χ3n) is 14.9. The van der Waals surface area contributed by atoms with E-state index in [1.54, 1.807) is 0 Å². The number of benzene rings is 2. The van der Waals surface area contributed by atoms with E-state index in [9.17, 15) is 38.4 Å². The number of esters is 8. The van der Waals surface area contributed by atoms with Crippen LogP contribution in [0, 0.1) is 13.8 Å². The van der Waals surface area contributed by atoms with E-state index in [0.29, 0.717) is 24.6 Å². The van der Waals surface area contributed by atoms with Crippen molar-refractivity contribution in [2.45, 2.75) is 200 Å². The second-order valence-corrected chi connectivity index (χ2v) is 21.4. The molecule has 0 bridgehead atoms. The van der Waals surface area contributed by atoms with Crippen molar-refractivity contribution in [3.63, 3.8) is 0 Å². The first-order valence-corrected chi connectivity index (χ1v) is 28.3. The highest BCUT2D eigenvalue weighted by molar-refractivity contribution is 5.82. The quantitative estimate of drug-likeness (QED) is 0.0367. The van der Waals surface area contributed by atoms with Crippen LogP contribution in [0.4, 0.5) is 0 Å². The van der Waals surface area contributed by atoms with Gasteiger partial charge in [0.1, 0.15) is 5.69 Å². The number of aromatic nitrogens is 6. The number of ether oxygens (including phenoxy) is 12. The lowest BCUT2D eigenvalue weighted by Crippen LogP contribution is -2.61. The number of carbonyl (C=O) groups excluding carboxylic acids is 8. The van der Waals surface area contributed by atoms with Gasteiger partial charge in [0, 0.05) is 60.2 Å². The molecule has 0 radical (unpaired) electrons. The number of hydrogen-bond donors (Lipinski definition) is 0. The summed E-state index contributed by atoms with van der Waals surface area (Å²) in [7, 11) is 2.23. The molecule has 0 amide bonds. The first-order chi connectivity index (χ1) is 40.7. The van der Waals surface area contributed by atoms with Crippen LogP contribution in [0.3, 0.4) is 0 Å². The summed E-state index contributed by atoms with van der Waals surface area (Å²) >= 11 is 0. The molecule has 462 valence electrons. The zero-order valence-corrected chi connectivity index (χ0v) is 49.6. The Morgan fingerprint density at radius 1 is 0.518 bits per heavy atom. The van der Waals surface area contributed by atoms with Crippen LogP contribution in [0.2, 0.25) is 0 Å². The molecule has 26 heteroatoms. The van der Waals surface area contributed by atoms with Crippen molar-refractivity contribution >= 4 is 47.8 Å². The Morgan fingerprint density at radius 2 is 0.941 bits per heavy atom. The minimum absolute atomic E-state index is 0.0145. The molecule has 0 saturated carbocycles. The zero-order valence-electron chi connectivity index (χ0n) is 49.6. The second-order valence-electron chi connectivity index (χ2n) is 21.4. The predicted molar refractivity (Wildman–Crippen MR) is 293 cm³/mol. The maximum atomic E-state index is 13.0. The average molecular weight is 1190 g/mol. The van der Waals surface area contributed by atoms with Gasteiger partial charge in [-0.1, -0.05) is 96.5 Å². The molecule has 85 heavy (non-hydrogen) atoms. The SMILES string of the molecule is COC(=O)C1OC(n2cc(COCCCCCCC3(CCCCCCOCc4cnnn4C4OC(C(=O)OC)C(OC(C)=O)C(OC(C)=O)C4OC(C)=O)c4cc(C)ccc4-c4ccc(C)cc43)nn2)C(OC(C)=O)C(OC(C)=O)C1OC(C)=O. The molecule has 4 aromatic rings. The molecule has 2 fully saturated rings. The van der Waals surface area contributed by atoms with Gasteiger partial charge in [-0.15, -0.1) is 10.2 Å². The highest BCUT2D eigenvalue weighted by Gasteiger charge is 2.57. The van der Waals surface area contributed by atoms with Crippen molar-refractivity contribution in [1.82, 2.24) is 30.0 Å². The highest BCUT2D eigenvalue weighted by atomic mass is 16.7. The van der Waals surface area contributed by atoms with Crippen molar-refractivity contribution in [2.75, 3.05) is 27.4 Å². The Morgan fingerprint density at radius 3 is 1.41 bits per heavy atom. The van der Waals surface area contributed by atoms with Crippen molar-refractivity contribution in [2.24, 2.45) is 0 Å². The number of unbranched alkanes of at least 4 members (excludes halogenated alkanes) is 6. The number of fused-ring (bicyclic) bond motifs is 3. The number of methoxy groups -OCH3 is 2. The topological polar surface area (TPSA) is 309 Å². The molecule has 2 aromatic carbocycles. The lowest BCUT2D eigenvalue weighted by atomic mass is 9.70. The summed E-state index contributed by atoms with van der Waals surface area (Å²) in [6, 6.07) is 13.6. The molecule has 10 unspecified atom stereocenters. The molecule has 2 aromatic heterocycles. The predicted octanol–water partition coefficient (Wildman–Crippen LogP) is 5.82. The van der Waals surface area contributed by atoms with Gasteiger partial charge >= 0.3 is 47.8 Å². The standard InChI is InChI=1S/C59H76N6O20/c1-33-19-21-43-44-22-20-34(2)28-46(44)59(45(43)27-33,23-15-11-13-17-25-76-31-41-30-64(63-61-41)55-51(82-39(7)70)47(78-35(3)66)49(80-37(5)68)53(84-55)57(72)74-9)24-16-12-14-18-26-77-32-42-29-60-62-65(42)56-52(83-40(8)71)48(79-36(4)67)50(81-38(6)69)54(85-56)58(73)75-10/h19-22,27-30,47-56H,11-18,23-26,31-32H2,1-10H3. The van der Waals surface area contributed by atoms with Gasteiger partial charge in [0.05, 0.1) is 45.5 Å². The molecule has 7 rings (SSSR count). The third-order valence-corrected chi connectivity index (χ3v) is 14.9. The summed E-state index contributed by atoms with van der Waals surface area (Å²) in [5.41, 5.74) is 8.29. The highest BCUT2D eigenvalue weighted by Crippen LogP contribution is 2.55. The van der Waals surface area contributed by atoms with Crippen LogP contribution in [0.1, 0.15) is 152 Å². The lowest BCUT2D eigenvalue weighted by molar-refractivity contribution is -0.265. The first kappa shape index (κ1) is 64.9. The number of hydrogen-bond acceptors (Lipinski definition) is 24. The van der Waals surface area contributed by atoms with E-state index in [2.05, 4.69) is 70.9 Å². The Bertz CT molecular complexity index is 2960. The average Bonchev–Trinajstić information content (AvgIpc) is 1.64. The van der Waals surface area contributed by atoms with Crippen molar-refractivity contribution in [3.05, 3.63) is 82.4 Å². The van der Waals surface area contributed by atoms with E-state index in [0.717, 1.165) is 120 Å². The van der Waals surface area contributed by atoms with Gasteiger partial charge in [0.15, 0.2) is 61.3 Å². The number of nitrogens with zero attached hydrogens (tertiary/aromatic N) is 6. The molecule has 0 spiro atoms. The summed E-state index contributed by atoms with van der Waals surface area (Å²) < 4.78 is 69.5. The number of rotatable bonds is 28. The van der Waals surface area contributed by atoms with Gasteiger partial charge in [-0.05, 0) is 61.8 Å². The van der Waals surface area contributed by atoms with E-state index in [1.807, 2.05) is 0 Å². The monoisotopic (exact) mass is 1190 g/mol. The molecular formula is C59H76N6O20. The Kier molecular flexibility index (Phi) is 22.8. The van der Waals surface area contributed by atoms with Gasteiger partial charge in [0.2, 0.25) is 0 Å². The van der Waals surface area contributed by atoms with Crippen molar-refractivity contribution in [1.29, 1.82) is 0 Å². The maximum absolute atomic E-state index is 13.0. The largest absolute Gasteiger partial charge is 0.467 e. The van der Waals surface area contributed by atoms with Crippen LogP contribution in [0.5, 0.6) is 0 Å². The summed E-state index contributed by atoms with van der Waals surface area (Å²) in [5.74, 6) is -6.62. The van der Waals surface area contributed by atoms with Crippen molar-refractivity contribution in [3.8, 4) is 11.1 Å². The normalized spacial score (nSPS) is 22.9. The molecule has 2 saturated heterocycles. The Balaban J connectivity index is 0.932. The van der Waals surface area contributed by atoms with Crippen LogP contribution < -0.4 is 0 Å². The minimum Gasteiger partial charge on any atom is -0.467 e. The molecular weight excluding hydrogens is 1110 g/mol.